The van der Waals surface area contributed by atoms with Crippen molar-refractivity contribution < 1.29 is 5.11 Å². The first-order valence-corrected chi connectivity index (χ1v) is 4.88. The summed E-state index contributed by atoms with van der Waals surface area (Å²) >= 11 is 0. The van der Waals surface area contributed by atoms with Gasteiger partial charge in [0.05, 0.1) is 0 Å². The Morgan fingerprint density at radius 1 is 1.00 bits per heavy atom. The number of aromatic hydroxyl groups is 1. The lowest BCUT2D eigenvalue weighted by atomic mass is 10.00. The lowest BCUT2D eigenvalue weighted by Gasteiger charge is -2.07. The van der Waals surface area contributed by atoms with E-state index in [0.29, 0.717) is 6.54 Å². The second-order valence-corrected chi connectivity index (χ2v) is 3.41. The lowest BCUT2D eigenvalue weighted by molar-refractivity contribution is 0.475. The highest BCUT2D eigenvalue weighted by Gasteiger charge is 2.02. The van der Waals surface area contributed by atoms with Crippen LogP contribution in [0.2, 0.25) is 0 Å². The van der Waals surface area contributed by atoms with Gasteiger partial charge in [-0.25, -0.2) is 0 Å². The van der Waals surface area contributed by atoms with Gasteiger partial charge in [-0.05, 0) is 28.8 Å². The maximum absolute atomic E-state index is 9.41. The van der Waals surface area contributed by atoms with Crippen LogP contribution in [0.25, 0.3) is 11.1 Å². The topological polar surface area (TPSA) is 46.2 Å². The second-order valence-electron chi connectivity index (χ2n) is 3.41. The van der Waals surface area contributed by atoms with Crippen molar-refractivity contribution in [2.24, 2.45) is 5.73 Å². The minimum Gasteiger partial charge on any atom is -0.508 e. The van der Waals surface area contributed by atoms with Crippen LogP contribution in [0.4, 0.5) is 0 Å². The summed E-state index contributed by atoms with van der Waals surface area (Å²) in [5, 5.41) is 9.41. The third-order valence-corrected chi connectivity index (χ3v) is 2.39. The summed E-state index contributed by atoms with van der Waals surface area (Å²) in [6, 6.07) is 15.2. The average molecular weight is 199 g/mol. The van der Waals surface area contributed by atoms with Gasteiger partial charge in [0.1, 0.15) is 5.75 Å². The van der Waals surface area contributed by atoms with Gasteiger partial charge < -0.3 is 10.8 Å². The van der Waals surface area contributed by atoms with Crippen LogP contribution < -0.4 is 5.73 Å². The molecule has 2 rings (SSSR count). The van der Waals surface area contributed by atoms with E-state index in [1.807, 2.05) is 36.4 Å². The van der Waals surface area contributed by atoms with Crippen LogP contribution in [-0.4, -0.2) is 5.11 Å². The first kappa shape index (κ1) is 9.74. The van der Waals surface area contributed by atoms with Crippen LogP contribution in [-0.2, 0) is 6.54 Å². The van der Waals surface area contributed by atoms with Gasteiger partial charge in [0.15, 0.2) is 0 Å². The van der Waals surface area contributed by atoms with Crippen molar-refractivity contribution in [3.05, 3.63) is 54.1 Å². The summed E-state index contributed by atoms with van der Waals surface area (Å²) in [7, 11) is 0. The van der Waals surface area contributed by atoms with Gasteiger partial charge in [0, 0.05) is 6.54 Å². The molecule has 0 aliphatic heterocycles. The minimum atomic E-state index is 0.277. The Bertz CT molecular complexity index is 466. The van der Waals surface area contributed by atoms with E-state index in [1.165, 1.54) is 0 Å². The molecule has 2 aromatic rings. The molecule has 3 N–H and O–H groups in total. The third kappa shape index (κ3) is 2.00. The van der Waals surface area contributed by atoms with Crippen LogP contribution in [0.15, 0.2) is 48.5 Å². The Morgan fingerprint density at radius 3 is 2.53 bits per heavy atom. The SMILES string of the molecule is NCc1ccccc1-c1cccc(O)c1. The fourth-order valence-corrected chi connectivity index (χ4v) is 1.65. The molecule has 0 bridgehead atoms. The number of rotatable bonds is 2. The summed E-state index contributed by atoms with van der Waals surface area (Å²) < 4.78 is 0. The summed E-state index contributed by atoms with van der Waals surface area (Å²) in [5.74, 6) is 0.277. The minimum absolute atomic E-state index is 0.277. The number of phenolic OH excluding ortho intramolecular Hbond substituents is 1. The van der Waals surface area contributed by atoms with Crippen molar-refractivity contribution in [3.8, 4) is 16.9 Å². The van der Waals surface area contributed by atoms with E-state index >= 15 is 0 Å². The van der Waals surface area contributed by atoms with E-state index in [1.54, 1.807) is 12.1 Å². The Balaban J connectivity index is 2.53. The molecule has 0 aliphatic rings. The van der Waals surface area contributed by atoms with E-state index < -0.39 is 0 Å². The van der Waals surface area contributed by atoms with Crippen LogP contribution in [0.5, 0.6) is 5.75 Å². The molecular formula is C13H13NO. The largest absolute Gasteiger partial charge is 0.508 e. The number of hydrogen-bond acceptors (Lipinski definition) is 2. The molecule has 0 aromatic heterocycles. The molecule has 0 aliphatic carbocycles. The highest BCUT2D eigenvalue weighted by atomic mass is 16.3. The second kappa shape index (κ2) is 4.15. The zero-order chi connectivity index (χ0) is 10.7. The molecule has 0 saturated carbocycles. The first-order valence-electron chi connectivity index (χ1n) is 4.88. The molecule has 0 unspecified atom stereocenters. The highest BCUT2D eigenvalue weighted by molar-refractivity contribution is 5.68. The summed E-state index contributed by atoms with van der Waals surface area (Å²) in [6.07, 6.45) is 0. The molecule has 0 saturated heterocycles. The molecule has 0 atom stereocenters. The third-order valence-electron chi connectivity index (χ3n) is 2.39. The van der Waals surface area contributed by atoms with Crippen LogP contribution in [0.3, 0.4) is 0 Å². The molecule has 0 heterocycles. The predicted octanol–water partition coefficient (Wildman–Crippen LogP) is 2.52. The molecule has 76 valence electrons. The van der Waals surface area contributed by atoms with E-state index in [4.69, 9.17) is 5.73 Å². The predicted molar refractivity (Wildman–Crippen MR) is 61.4 cm³/mol. The van der Waals surface area contributed by atoms with Gasteiger partial charge in [-0.1, -0.05) is 36.4 Å². The summed E-state index contributed by atoms with van der Waals surface area (Å²) in [6.45, 7) is 0.506. The van der Waals surface area contributed by atoms with Crippen molar-refractivity contribution >= 4 is 0 Å². The molecule has 2 aromatic carbocycles. The van der Waals surface area contributed by atoms with Crippen molar-refractivity contribution in [3.63, 3.8) is 0 Å². The van der Waals surface area contributed by atoms with Crippen LogP contribution in [0, 0.1) is 0 Å². The smallest absolute Gasteiger partial charge is 0.116 e. The van der Waals surface area contributed by atoms with E-state index in [0.717, 1.165) is 16.7 Å². The number of benzene rings is 2. The van der Waals surface area contributed by atoms with Crippen molar-refractivity contribution in [1.82, 2.24) is 0 Å². The lowest BCUT2D eigenvalue weighted by Crippen LogP contribution is -1.98. The van der Waals surface area contributed by atoms with Gasteiger partial charge in [-0.2, -0.15) is 0 Å². The molecule has 15 heavy (non-hydrogen) atoms. The normalized spacial score (nSPS) is 10.2. The average Bonchev–Trinajstić information content (AvgIpc) is 2.29. The summed E-state index contributed by atoms with van der Waals surface area (Å²) in [5.41, 5.74) is 8.83. The Hall–Kier alpha value is -1.80. The van der Waals surface area contributed by atoms with Gasteiger partial charge >= 0.3 is 0 Å². The molecule has 0 amide bonds. The molecular weight excluding hydrogens is 186 g/mol. The maximum atomic E-state index is 9.41. The number of hydrogen-bond donors (Lipinski definition) is 2. The standard InChI is InChI=1S/C13H13NO/c14-9-11-4-1-2-7-13(11)10-5-3-6-12(15)8-10/h1-8,15H,9,14H2. The molecule has 0 fully saturated rings. The fraction of sp³-hybridized carbons (Fsp3) is 0.0769. The van der Waals surface area contributed by atoms with Gasteiger partial charge in [-0.3, -0.25) is 0 Å². The Kier molecular flexibility index (Phi) is 2.70. The zero-order valence-electron chi connectivity index (χ0n) is 8.35. The Morgan fingerprint density at radius 2 is 1.80 bits per heavy atom. The maximum Gasteiger partial charge on any atom is 0.116 e. The molecule has 2 nitrogen and oxygen atoms in total. The number of nitrogens with two attached hydrogens (primary N) is 1. The van der Waals surface area contributed by atoms with Crippen molar-refractivity contribution in [1.29, 1.82) is 0 Å². The van der Waals surface area contributed by atoms with E-state index in [2.05, 4.69) is 0 Å². The van der Waals surface area contributed by atoms with Crippen molar-refractivity contribution in [2.75, 3.05) is 0 Å². The van der Waals surface area contributed by atoms with E-state index in [-0.39, 0.29) is 5.75 Å². The van der Waals surface area contributed by atoms with Gasteiger partial charge in [-0.15, -0.1) is 0 Å². The fourth-order valence-electron chi connectivity index (χ4n) is 1.65. The molecule has 0 spiro atoms. The monoisotopic (exact) mass is 199 g/mol. The highest BCUT2D eigenvalue weighted by Crippen LogP contribution is 2.25. The van der Waals surface area contributed by atoms with Gasteiger partial charge in [0.25, 0.3) is 0 Å². The van der Waals surface area contributed by atoms with Crippen LogP contribution in [0.1, 0.15) is 5.56 Å². The van der Waals surface area contributed by atoms with E-state index in [9.17, 15) is 5.11 Å². The molecule has 2 heteroatoms. The zero-order valence-corrected chi connectivity index (χ0v) is 8.35. The quantitative estimate of drug-likeness (QED) is 0.780. The first-order chi connectivity index (χ1) is 7.31. The van der Waals surface area contributed by atoms with Gasteiger partial charge in [0.2, 0.25) is 0 Å². The van der Waals surface area contributed by atoms with Crippen molar-refractivity contribution in [2.45, 2.75) is 6.54 Å². The number of phenols is 1. The molecule has 0 radical (unpaired) electrons. The summed E-state index contributed by atoms with van der Waals surface area (Å²) in [4.78, 5) is 0. The van der Waals surface area contributed by atoms with Crippen LogP contribution >= 0.6 is 0 Å². The Labute approximate surface area is 89.0 Å².